The van der Waals surface area contributed by atoms with Gasteiger partial charge in [-0.1, -0.05) is 35.9 Å². The smallest absolute Gasteiger partial charge is 0.320 e. The fourth-order valence-electron chi connectivity index (χ4n) is 2.98. The Morgan fingerprint density at radius 2 is 2.09 bits per heavy atom. The number of aryl methyl sites for hydroxylation is 1. The van der Waals surface area contributed by atoms with E-state index in [0.29, 0.717) is 12.1 Å². The number of aliphatic hydroxyl groups excluding tert-OH is 1. The van der Waals surface area contributed by atoms with Crippen LogP contribution in [0.1, 0.15) is 17.5 Å². The molecule has 0 bridgehead atoms. The molecule has 2 aromatic rings. The van der Waals surface area contributed by atoms with Crippen LogP contribution in [0.3, 0.4) is 0 Å². The first-order chi connectivity index (χ1) is 11.0. The number of carbonyl (C=O) groups is 1. The number of aliphatic hydroxyl groups is 1. The first-order valence-electron chi connectivity index (χ1n) is 7.27. The third kappa shape index (κ3) is 3.02. The Labute approximate surface area is 138 Å². The largest absolute Gasteiger partial charge is 0.394 e. The van der Waals surface area contributed by atoms with E-state index in [1.54, 1.807) is 0 Å². The van der Waals surface area contributed by atoms with Crippen molar-refractivity contribution in [2.45, 2.75) is 18.4 Å². The highest BCUT2D eigenvalue weighted by atomic mass is 35.5. The average molecular weight is 335 g/mol. The number of nitrogens with one attached hydrogen (secondary N) is 2. The van der Waals surface area contributed by atoms with E-state index in [0.717, 1.165) is 23.6 Å². The van der Waals surface area contributed by atoms with Crippen LogP contribution in [0.25, 0.3) is 0 Å². The van der Waals surface area contributed by atoms with Gasteiger partial charge in [-0.2, -0.15) is 0 Å². The third-order valence-corrected chi connectivity index (χ3v) is 4.47. The fraction of sp³-hybridized carbons (Fsp3) is 0.235. The Morgan fingerprint density at radius 3 is 2.83 bits per heavy atom. The number of carbonyl (C=O) groups excluding carboxylic acids is 1. The molecule has 0 spiro atoms. The lowest BCUT2D eigenvalue weighted by Gasteiger charge is -2.29. The van der Waals surface area contributed by atoms with E-state index in [1.165, 1.54) is 12.1 Å². The molecule has 0 saturated heterocycles. The van der Waals surface area contributed by atoms with Gasteiger partial charge in [0, 0.05) is 0 Å². The molecule has 0 radical (unpaired) electrons. The van der Waals surface area contributed by atoms with Crippen molar-refractivity contribution in [1.82, 2.24) is 5.32 Å². The predicted molar refractivity (Wildman–Crippen MR) is 87.1 cm³/mol. The van der Waals surface area contributed by atoms with E-state index in [-0.39, 0.29) is 11.6 Å². The summed E-state index contributed by atoms with van der Waals surface area (Å²) < 4.78 is 13.0. The molecule has 120 valence electrons. The highest BCUT2D eigenvalue weighted by molar-refractivity contribution is 6.33. The summed E-state index contributed by atoms with van der Waals surface area (Å²) in [5.74, 6) is -0.475. The average Bonchev–Trinajstić information content (AvgIpc) is 2.90. The van der Waals surface area contributed by atoms with Crippen molar-refractivity contribution in [3.8, 4) is 0 Å². The van der Waals surface area contributed by atoms with Crippen molar-refractivity contribution in [3.05, 3.63) is 64.4 Å². The lowest BCUT2D eigenvalue weighted by molar-refractivity contribution is 0.164. The molecule has 0 aromatic heterocycles. The van der Waals surface area contributed by atoms with Gasteiger partial charge >= 0.3 is 6.03 Å². The van der Waals surface area contributed by atoms with Crippen molar-refractivity contribution in [2.75, 3.05) is 11.9 Å². The van der Waals surface area contributed by atoms with Crippen LogP contribution in [0.4, 0.5) is 14.9 Å². The zero-order chi connectivity index (χ0) is 16.4. The molecule has 0 heterocycles. The third-order valence-electron chi connectivity index (χ3n) is 4.16. The molecule has 1 aliphatic carbocycles. The maximum atomic E-state index is 13.0. The molecule has 1 aliphatic rings. The number of anilines is 1. The second-order valence-electron chi connectivity index (χ2n) is 5.60. The number of urea groups is 1. The van der Waals surface area contributed by atoms with Crippen LogP contribution in [-0.2, 0) is 12.0 Å². The maximum absolute atomic E-state index is 13.0. The lowest BCUT2D eigenvalue weighted by Crippen LogP contribution is -2.48. The predicted octanol–water partition coefficient (Wildman–Crippen LogP) is 3.43. The normalized spacial score (nSPS) is 19.3. The van der Waals surface area contributed by atoms with Crippen molar-refractivity contribution < 1.29 is 14.3 Å². The number of rotatable bonds is 3. The van der Waals surface area contributed by atoms with E-state index >= 15 is 0 Å². The van der Waals surface area contributed by atoms with Crippen LogP contribution < -0.4 is 10.6 Å². The van der Waals surface area contributed by atoms with Crippen LogP contribution in [0.2, 0.25) is 5.02 Å². The van der Waals surface area contributed by atoms with Gasteiger partial charge in [0.25, 0.3) is 0 Å². The van der Waals surface area contributed by atoms with Crippen molar-refractivity contribution in [3.63, 3.8) is 0 Å². The Hall–Kier alpha value is -2.11. The van der Waals surface area contributed by atoms with E-state index < -0.39 is 17.4 Å². The van der Waals surface area contributed by atoms with E-state index in [4.69, 9.17) is 11.6 Å². The second-order valence-corrected chi connectivity index (χ2v) is 6.01. The summed E-state index contributed by atoms with van der Waals surface area (Å²) in [6, 6.07) is 11.0. The molecule has 0 saturated carbocycles. The van der Waals surface area contributed by atoms with Gasteiger partial charge in [-0.05, 0) is 42.2 Å². The lowest BCUT2D eigenvalue weighted by atomic mass is 9.93. The molecule has 3 N–H and O–H groups in total. The topological polar surface area (TPSA) is 61.4 Å². The maximum Gasteiger partial charge on any atom is 0.320 e. The number of hydrogen-bond acceptors (Lipinski definition) is 2. The zero-order valence-corrected chi connectivity index (χ0v) is 13.0. The molecule has 4 nitrogen and oxygen atoms in total. The quantitative estimate of drug-likeness (QED) is 0.805. The van der Waals surface area contributed by atoms with Gasteiger partial charge in [-0.25, -0.2) is 9.18 Å². The summed E-state index contributed by atoms with van der Waals surface area (Å²) in [5, 5.41) is 15.4. The number of fused-ring (bicyclic) bond motifs is 1. The van der Waals surface area contributed by atoms with Crippen molar-refractivity contribution in [2.24, 2.45) is 0 Å². The molecule has 3 rings (SSSR count). The first-order valence-corrected chi connectivity index (χ1v) is 7.65. The Bertz CT molecular complexity index is 753. The monoisotopic (exact) mass is 334 g/mol. The minimum atomic E-state index is -0.812. The van der Waals surface area contributed by atoms with E-state index in [9.17, 15) is 14.3 Å². The summed E-state index contributed by atoms with van der Waals surface area (Å²) in [4.78, 5) is 12.3. The minimum absolute atomic E-state index is 0.116. The molecule has 6 heteroatoms. The van der Waals surface area contributed by atoms with Gasteiger partial charge in [-0.15, -0.1) is 0 Å². The van der Waals surface area contributed by atoms with Gasteiger partial charge in [0.05, 0.1) is 22.9 Å². The van der Waals surface area contributed by atoms with E-state index in [1.807, 2.05) is 24.3 Å². The molecule has 0 aliphatic heterocycles. The zero-order valence-electron chi connectivity index (χ0n) is 12.3. The number of hydrogen-bond donors (Lipinski definition) is 3. The van der Waals surface area contributed by atoms with Crippen LogP contribution in [0, 0.1) is 5.82 Å². The number of amides is 2. The highest BCUT2D eigenvalue weighted by Gasteiger charge is 2.39. The van der Waals surface area contributed by atoms with Crippen molar-refractivity contribution in [1.29, 1.82) is 0 Å². The summed E-state index contributed by atoms with van der Waals surface area (Å²) in [6.45, 7) is -0.200. The first kappa shape index (κ1) is 15.8. The molecular formula is C17H16ClFN2O2. The van der Waals surface area contributed by atoms with Gasteiger partial charge in [-0.3, -0.25) is 0 Å². The molecule has 2 amide bonds. The molecule has 1 atom stereocenters. The number of halogens is 2. The Balaban J connectivity index is 1.79. The molecule has 0 fully saturated rings. The minimum Gasteiger partial charge on any atom is -0.394 e. The van der Waals surface area contributed by atoms with E-state index in [2.05, 4.69) is 10.6 Å². The molecule has 23 heavy (non-hydrogen) atoms. The number of benzene rings is 2. The summed E-state index contributed by atoms with van der Waals surface area (Å²) >= 11 is 5.91. The van der Waals surface area contributed by atoms with Crippen LogP contribution >= 0.6 is 11.6 Å². The summed E-state index contributed by atoms with van der Waals surface area (Å²) in [7, 11) is 0. The fourth-order valence-corrected chi connectivity index (χ4v) is 3.20. The Morgan fingerprint density at radius 1 is 1.30 bits per heavy atom. The van der Waals surface area contributed by atoms with Crippen LogP contribution in [-0.4, -0.2) is 17.7 Å². The molecule has 1 unspecified atom stereocenters. The van der Waals surface area contributed by atoms with Gasteiger partial charge in [0.2, 0.25) is 0 Å². The van der Waals surface area contributed by atoms with Crippen LogP contribution in [0.5, 0.6) is 0 Å². The molecular weight excluding hydrogens is 319 g/mol. The SMILES string of the molecule is O=C(Nc1ccc(F)cc1Cl)NC1(CO)CCc2ccccc21. The van der Waals surface area contributed by atoms with Gasteiger partial charge < -0.3 is 15.7 Å². The van der Waals surface area contributed by atoms with Crippen LogP contribution in [0.15, 0.2) is 42.5 Å². The molecule has 2 aromatic carbocycles. The second kappa shape index (κ2) is 6.18. The van der Waals surface area contributed by atoms with Gasteiger partial charge in [0.1, 0.15) is 5.82 Å². The summed E-state index contributed by atoms with van der Waals surface area (Å²) in [6.07, 6.45) is 1.40. The van der Waals surface area contributed by atoms with Gasteiger partial charge in [0.15, 0.2) is 0 Å². The van der Waals surface area contributed by atoms with Crippen molar-refractivity contribution >= 4 is 23.3 Å². The standard InChI is InChI=1S/C17H16ClFN2O2/c18-14-9-12(19)5-6-15(14)20-16(23)21-17(10-22)8-7-11-3-1-2-4-13(11)17/h1-6,9,22H,7-8,10H2,(H2,20,21,23). The Kier molecular flexibility index (Phi) is 4.24. The summed E-state index contributed by atoms with van der Waals surface area (Å²) in [5.41, 5.74) is 1.53. The highest BCUT2D eigenvalue weighted by Crippen LogP contribution is 2.36.